The van der Waals surface area contributed by atoms with Crippen LogP contribution in [0.15, 0.2) is 34.9 Å². The van der Waals surface area contributed by atoms with Crippen LogP contribution in [-0.4, -0.2) is 52.4 Å². The van der Waals surface area contributed by atoms with Crippen molar-refractivity contribution in [1.82, 2.24) is 19.9 Å². The lowest BCUT2D eigenvalue weighted by Crippen LogP contribution is -2.37. The van der Waals surface area contributed by atoms with Crippen molar-refractivity contribution in [3.8, 4) is 0 Å². The minimum atomic E-state index is -0.242. The molecule has 2 amide bonds. The highest BCUT2D eigenvalue weighted by atomic mass is 16.5. The molecule has 7 heteroatoms. The highest BCUT2D eigenvalue weighted by Gasteiger charge is 2.31. The van der Waals surface area contributed by atoms with E-state index in [4.69, 9.17) is 4.52 Å². The summed E-state index contributed by atoms with van der Waals surface area (Å²) in [6.45, 7) is 0.866. The standard InChI is InChI=1S/C18H18N4O3/c1-21(2)18(24)16-12-10-22(8-7-14(12)20-25-16)17(23)15-9-11-5-3-4-6-13(11)19-15/h3-6,9,19H,7-8,10H2,1-2H3. The maximum absolute atomic E-state index is 12.9. The molecule has 1 aliphatic heterocycles. The first-order valence-electron chi connectivity index (χ1n) is 8.10. The summed E-state index contributed by atoms with van der Waals surface area (Å²) in [5.74, 6) is -0.117. The zero-order valence-electron chi connectivity index (χ0n) is 14.1. The predicted molar refractivity (Wildman–Crippen MR) is 91.3 cm³/mol. The Morgan fingerprint density at radius 3 is 2.84 bits per heavy atom. The van der Waals surface area contributed by atoms with E-state index in [2.05, 4.69) is 10.1 Å². The number of hydrogen-bond donors (Lipinski definition) is 1. The first kappa shape index (κ1) is 15.4. The number of carbonyl (C=O) groups is 2. The van der Waals surface area contributed by atoms with Gasteiger partial charge < -0.3 is 19.3 Å². The minimum absolute atomic E-state index is 0.0914. The molecule has 0 bridgehead atoms. The van der Waals surface area contributed by atoms with Gasteiger partial charge in [-0.05, 0) is 12.1 Å². The molecule has 0 unspecified atom stereocenters. The number of hydrogen-bond acceptors (Lipinski definition) is 4. The Labute approximate surface area is 144 Å². The van der Waals surface area contributed by atoms with E-state index in [0.29, 0.717) is 30.8 Å². The van der Waals surface area contributed by atoms with Gasteiger partial charge in [0.1, 0.15) is 5.69 Å². The van der Waals surface area contributed by atoms with Gasteiger partial charge in [-0.25, -0.2) is 0 Å². The van der Waals surface area contributed by atoms with Gasteiger partial charge in [0, 0.05) is 43.5 Å². The molecule has 0 aliphatic carbocycles. The van der Waals surface area contributed by atoms with Crippen LogP contribution in [0, 0.1) is 0 Å². The molecule has 7 nitrogen and oxygen atoms in total. The predicted octanol–water partition coefficient (Wildman–Crippen LogP) is 2.06. The molecular formula is C18H18N4O3. The van der Waals surface area contributed by atoms with Crippen molar-refractivity contribution in [2.24, 2.45) is 0 Å². The Bertz CT molecular complexity index is 937. The van der Waals surface area contributed by atoms with Gasteiger partial charge in [0.05, 0.1) is 12.2 Å². The molecule has 0 saturated carbocycles. The average Bonchev–Trinajstić information content (AvgIpc) is 3.23. The number of aromatic amines is 1. The SMILES string of the molecule is CN(C)C(=O)c1onc2c1CN(C(=O)c1cc3ccccc3[nH]1)CC2. The van der Waals surface area contributed by atoms with E-state index in [1.54, 1.807) is 19.0 Å². The normalized spacial score (nSPS) is 13.8. The summed E-state index contributed by atoms with van der Waals surface area (Å²) < 4.78 is 5.24. The number of benzene rings is 1. The first-order valence-corrected chi connectivity index (χ1v) is 8.10. The lowest BCUT2D eigenvalue weighted by Gasteiger charge is -2.26. The van der Waals surface area contributed by atoms with Gasteiger partial charge in [-0.2, -0.15) is 0 Å². The second-order valence-corrected chi connectivity index (χ2v) is 6.38. The lowest BCUT2D eigenvalue weighted by atomic mass is 10.0. The largest absolute Gasteiger partial charge is 0.351 e. The molecule has 2 aromatic heterocycles. The molecular weight excluding hydrogens is 320 g/mol. The van der Waals surface area contributed by atoms with Crippen LogP contribution in [0.4, 0.5) is 0 Å². The van der Waals surface area contributed by atoms with Crippen LogP contribution >= 0.6 is 0 Å². The van der Waals surface area contributed by atoms with Crippen molar-refractivity contribution in [3.63, 3.8) is 0 Å². The third-order valence-corrected chi connectivity index (χ3v) is 4.49. The fourth-order valence-corrected chi connectivity index (χ4v) is 3.12. The van der Waals surface area contributed by atoms with Crippen molar-refractivity contribution in [2.45, 2.75) is 13.0 Å². The number of nitrogens with one attached hydrogen (secondary N) is 1. The maximum atomic E-state index is 12.9. The topological polar surface area (TPSA) is 82.4 Å². The Morgan fingerprint density at radius 2 is 2.08 bits per heavy atom. The van der Waals surface area contributed by atoms with E-state index in [-0.39, 0.29) is 17.6 Å². The molecule has 1 N–H and O–H groups in total. The highest BCUT2D eigenvalue weighted by Crippen LogP contribution is 2.25. The van der Waals surface area contributed by atoms with Crippen molar-refractivity contribution < 1.29 is 14.1 Å². The molecule has 3 aromatic rings. The van der Waals surface area contributed by atoms with E-state index < -0.39 is 0 Å². The number of fused-ring (bicyclic) bond motifs is 2. The van der Waals surface area contributed by atoms with Crippen LogP contribution in [-0.2, 0) is 13.0 Å². The minimum Gasteiger partial charge on any atom is -0.351 e. The molecule has 128 valence electrons. The molecule has 0 spiro atoms. The van der Waals surface area contributed by atoms with Gasteiger partial charge in [-0.3, -0.25) is 9.59 Å². The molecule has 1 aliphatic rings. The lowest BCUT2D eigenvalue weighted by molar-refractivity contribution is 0.0719. The Balaban J connectivity index is 1.62. The third-order valence-electron chi connectivity index (χ3n) is 4.49. The average molecular weight is 338 g/mol. The highest BCUT2D eigenvalue weighted by molar-refractivity contribution is 5.98. The van der Waals surface area contributed by atoms with Crippen LogP contribution in [0.3, 0.4) is 0 Å². The first-order chi connectivity index (χ1) is 12.0. The van der Waals surface area contributed by atoms with Crippen LogP contribution < -0.4 is 0 Å². The Hall–Kier alpha value is -3.09. The number of rotatable bonds is 2. The summed E-state index contributed by atoms with van der Waals surface area (Å²) in [6.07, 6.45) is 0.575. The molecule has 4 rings (SSSR count). The summed E-state index contributed by atoms with van der Waals surface area (Å²) in [7, 11) is 3.32. The second kappa shape index (κ2) is 5.77. The Morgan fingerprint density at radius 1 is 1.28 bits per heavy atom. The molecule has 25 heavy (non-hydrogen) atoms. The number of para-hydroxylation sites is 1. The van der Waals surface area contributed by atoms with Gasteiger partial charge in [0.2, 0.25) is 5.76 Å². The number of nitrogens with zero attached hydrogens (tertiary/aromatic N) is 3. The van der Waals surface area contributed by atoms with Gasteiger partial charge in [-0.1, -0.05) is 23.4 Å². The molecule has 0 atom stereocenters. The smallest absolute Gasteiger partial charge is 0.292 e. The van der Waals surface area contributed by atoms with Gasteiger partial charge >= 0.3 is 0 Å². The van der Waals surface area contributed by atoms with Crippen molar-refractivity contribution in [2.75, 3.05) is 20.6 Å². The fraction of sp³-hybridized carbons (Fsp3) is 0.278. The quantitative estimate of drug-likeness (QED) is 0.775. The number of amides is 2. The van der Waals surface area contributed by atoms with Crippen LogP contribution in [0.2, 0.25) is 0 Å². The summed E-state index contributed by atoms with van der Waals surface area (Å²) in [4.78, 5) is 31.4. The zero-order chi connectivity index (χ0) is 17.6. The van der Waals surface area contributed by atoms with Gasteiger partial charge in [-0.15, -0.1) is 0 Å². The zero-order valence-corrected chi connectivity index (χ0v) is 14.1. The summed E-state index contributed by atoms with van der Waals surface area (Å²) in [5, 5.41) is 4.99. The van der Waals surface area contributed by atoms with E-state index in [9.17, 15) is 9.59 Å². The monoisotopic (exact) mass is 338 g/mol. The Kier molecular flexibility index (Phi) is 3.56. The third kappa shape index (κ3) is 2.57. The number of aromatic nitrogens is 2. The van der Waals surface area contributed by atoms with E-state index in [1.807, 2.05) is 30.3 Å². The summed E-state index contributed by atoms with van der Waals surface area (Å²) in [5.41, 5.74) is 2.93. The number of H-pyrrole nitrogens is 1. The fourth-order valence-electron chi connectivity index (χ4n) is 3.12. The van der Waals surface area contributed by atoms with Crippen LogP contribution in [0.5, 0.6) is 0 Å². The molecule has 0 radical (unpaired) electrons. The summed E-state index contributed by atoms with van der Waals surface area (Å²) in [6, 6.07) is 9.62. The molecule has 0 saturated heterocycles. The van der Waals surface area contributed by atoms with E-state index in [0.717, 1.165) is 16.6 Å². The molecule has 3 heterocycles. The second-order valence-electron chi connectivity index (χ2n) is 6.38. The maximum Gasteiger partial charge on any atom is 0.292 e. The van der Waals surface area contributed by atoms with Crippen molar-refractivity contribution in [1.29, 1.82) is 0 Å². The van der Waals surface area contributed by atoms with Crippen molar-refractivity contribution in [3.05, 3.63) is 53.0 Å². The van der Waals surface area contributed by atoms with E-state index in [1.165, 1.54) is 4.90 Å². The van der Waals surface area contributed by atoms with Crippen LogP contribution in [0.25, 0.3) is 10.9 Å². The summed E-state index contributed by atoms with van der Waals surface area (Å²) >= 11 is 0. The van der Waals surface area contributed by atoms with Crippen LogP contribution in [0.1, 0.15) is 32.3 Å². The van der Waals surface area contributed by atoms with Gasteiger partial charge in [0.25, 0.3) is 11.8 Å². The molecule has 0 fully saturated rings. The number of carbonyl (C=O) groups excluding carboxylic acids is 2. The van der Waals surface area contributed by atoms with E-state index >= 15 is 0 Å². The van der Waals surface area contributed by atoms with Crippen molar-refractivity contribution >= 4 is 22.7 Å². The van der Waals surface area contributed by atoms with Gasteiger partial charge in [0.15, 0.2) is 0 Å². The molecule has 1 aromatic carbocycles.